The highest BCUT2D eigenvalue weighted by Gasteiger charge is 2.26. The highest BCUT2D eigenvalue weighted by molar-refractivity contribution is 7.89. The summed E-state index contributed by atoms with van der Waals surface area (Å²) in [5.74, 6) is -0.322. The summed E-state index contributed by atoms with van der Waals surface area (Å²) in [6.45, 7) is 7.98. The molecular formula is C25H31N5O3S. The van der Waals surface area contributed by atoms with Crippen molar-refractivity contribution in [3.05, 3.63) is 66.0 Å². The predicted octanol–water partition coefficient (Wildman–Crippen LogP) is 4.06. The smallest absolute Gasteiger partial charge is 0.259 e. The van der Waals surface area contributed by atoms with Crippen LogP contribution in [0.15, 0.2) is 59.6 Å². The standard InChI is InChI=1S/C25H31N5O3S/c1-4-29(5-2)34(32,33)21-13-14-24(28-15-9-10-16-28)23(17-21)27-25(31)22-18-26-30(19(22)3)20-11-7-6-8-12-20/h6-8,11-14,17-18H,4-5,9-10,15-16H2,1-3H3,(H,27,31). The average molecular weight is 482 g/mol. The van der Waals surface area contributed by atoms with Crippen molar-refractivity contribution < 1.29 is 13.2 Å². The lowest BCUT2D eigenvalue weighted by Gasteiger charge is -2.24. The van der Waals surface area contributed by atoms with E-state index in [4.69, 9.17) is 0 Å². The second-order valence-corrected chi connectivity index (χ2v) is 10.2. The van der Waals surface area contributed by atoms with E-state index in [0.717, 1.165) is 37.3 Å². The number of hydrogen-bond donors (Lipinski definition) is 1. The van der Waals surface area contributed by atoms with Crippen molar-refractivity contribution in [1.29, 1.82) is 0 Å². The number of para-hydroxylation sites is 1. The Morgan fingerprint density at radius 2 is 1.74 bits per heavy atom. The first-order valence-corrected chi connectivity index (χ1v) is 13.1. The molecule has 34 heavy (non-hydrogen) atoms. The number of aromatic nitrogens is 2. The van der Waals surface area contributed by atoms with Crippen LogP contribution in [0.2, 0.25) is 0 Å². The third-order valence-corrected chi connectivity index (χ3v) is 8.31. The first-order chi connectivity index (χ1) is 16.4. The predicted molar refractivity (Wildman–Crippen MR) is 134 cm³/mol. The van der Waals surface area contributed by atoms with Gasteiger partial charge in [0.05, 0.1) is 39.4 Å². The number of amides is 1. The number of sulfonamides is 1. The van der Waals surface area contributed by atoms with Crippen LogP contribution in [0, 0.1) is 6.92 Å². The summed E-state index contributed by atoms with van der Waals surface area (Å²) in [6, 6.07) is 14.6. The van der Waals surface area contributed by atoms with Crippen LogP contribution in [0.25, 0.3) is 5.69 Å². The molecule has 0 unspecified atom stereocenters. The van der Waals surface area contributed by atoms with Gasteiger partial charge in [-0.2, -0.15) is 9.40 Å². The first kappa shape index (κ1) is 24.0. The largest absolute Gasteiger partial charge is 0.370 e. The van der Waals surface area contributed by atoms with Crippen LogP contribution in [0.4, 0.5) is 11.4 Å². The van der Waals surface area contributed by atoms with Crippen LogP contribution in [-0.2, 0) is 10.0 Å². The van der Waals surface area contributed by atoms with Gasteiger partial charge in [-0.25, -0.2) is 13.1 Å². The van der Waals surface area contributed by atoms with Crippen molar-refractivity contribution in [2.45, 2.75) is 38.5 Å². The fraction of sp³-hybridized carbons (Fsp3) is 0.360. The molecule has 1 saturated heterocycles. The molecule has 0 atom stereocenters. The summed E-state index contributed by atoms with van der Waals surface area (Å²) in [7, 11) is -3.66. The molecule has 9 heteroatoms. The number of carbonyl (C=O) groups excluding carboxylic acids is 1. The Hall–Kier alpha value is -3.17. The third kappa shape index (κ3) is 4.58. The topological polar surface area (TPSA) is 87.5 Å². The Labute approximate surface area is 201 Å². The van der Waals surface area contributed by atoms with Gasteiger partial charge in [-0.15, -0.1) is 0 Å². The molecule has 180 valence electrons. The lowest BCUT2D eigenvalue weighted by atomic mass is 10.2. The van der Waals surface area contributed by atoms with Crippen molar-refractivity contribution in [2.75, 3.05) is 36.4 Å². The van der Waals surface area contributed by atoms with Gasteiger partial charge >= 0.3 is 0 Å². The van der Waals surface area contributed by atoms with Gasteiger partial charge in [0.1, 0.15) is 0 Å². The number of nitrogens with zero attached hydrogens (tertiary/aromatic N) is 4. The molecule has 1 N–H and O–H groups in total. The molecule has 0 aliphatic carbocycles. The summed E-state index contributed by atoms with van der Waals surface area (Å²) < 4.78 is 29.4. The summed E-state index contributed by atoms with van der Waals surface area (Å²) in [5, 5.41) is 7.37. The molecule has 1 amide bonds. The molecule has 0 saturated carbocycles. The van der Waals surface area contributed by atoms with Crippen LogP contribution in [0.1, 0.15) is 42.7 Å². The summed E-state index contributed by atoms with van der Waals surface area (Å²) >= 11 is 0. The minimum absolute atomic E-state index is 0.172. The Morgan fingerprint density at radius 3 is 2.38 bits per heavy atom. The minimum Gasteiger partial charge on any atom is -0.370 e. The highest BCUT2D eigenvalue weighted by atomic mass is 32.2. The number of rotatable bonds is 8. The van der Waals surface area contributed by atoms with E-state index in [1.165, 1.54) is 4.31 Å². The van der Waals surface area contributed by atoms with Gasteiger partial charge in [0.25, 0.3) is 5.91 Å². The normalized spacial score (nSPS) is 14.1. The number of anilines is 2. The molecular weight excluding hydrogens is 450 g/mol. The van der Waals surface area contributed by atoms with Crippen molar-refractivity contribution >= 4 is 27.3 Å². The second-order valence-electron chi connectivity index (χ2n) is 8.31. The lowest BCUT2D eigenvalue weighted by Crippen LogP contribution is -2.31. The Balaban J connectivity index is 1.70. The van der Waals surface area contributed by atoms with Gasteiger partial charge in [0.2, 0.25) is 10.0 Å². The van der Waals surface area contributed by atoms with Crippen molar-refractivity contribution in [2.24, 2.45) is 0 Å². The van der Waals surface area contributed by atoms with Gasteiger partial charge in [0, 0.05) is 26.2 Å². The summed E-state index contributed by atoms with van der Waals surface area (Å²) in [6.07, 6.45) is 3.68. The SMILES string of the molecule is CCN(CC)S(=O)(=O)c1ccc(N2CCCC2)c(NC(=O)c2cnn(-c3ccccc3)c2C)c1. The average Bonchev–Trinajstić information content (AvgIpc) is 3.50. The number of hydrogen-bond acceptors (Lipinski definition) is 5. The van der Waals surface area contributed by atoms with Gasteiger partial charge in [-0.05, 0) is 50.1 Å². The number of nitrogens with one attached hydrogen (secondary N) is 1. The van der Waals surface area contributed by atoms with E-state index in [0.29, 0.717) is 30.0 Å². The van der Waals surface area contributed by atoms with Gasteiger partial charge in [0.15, 0.2) is 0 Å². The monoisotopic (exact) mass is 481 g/mol. The van der Waals surface area contributed by atoms with E-state index in [2.05, 4.69) is 15.3 Å². The lowest BCUT2D eigenvalue weighted by molar-refractivity contribution is 0.102. The zero-order valence-electron chi connectivity index (χ0n) is 19.9. The molecule has 8 nitrogen and oxygen atoms in total. The maximum atomic E-state index is 13.3. The van der Waals surface area contributed by atoms with Crippen molar-refractivity contribution in [3.63, 3.8) is 0 Å². The van der Waals surface area contributed by atoms with Gasteiger partial charge < -0.3 is 10.2 Å². The van der Waals surface area contributed by atoms with Crippen LogP contribution in [-0.4, -0.2) is 54.6 Å². The fourth-order valence-electron chi connectivity index (χ4n) is 4.37. The maximum Gasteiger partial charge on any atom is 0.259 e. The van der Waals surface area contributed by atoms with Crippen LogP contribution < -0.4 is 10.2 Å². The summed E-state index contributed by atoms with van der Waals surface area (Å²) in [5.41, 5.74) is 3.33. The van der Waals surface area contributed by atoms with E-state index < -0.39 is 10.0 Å². The quantitative estimate of drug-likeness (QED) is 0.524. The van der Waals surface area contributed by atoms with Gasteiger partial charge in [-0.3, -0.25) is 4.79 Å². The molecule has 0 radical (unpaired) electrons. The van der Waals surface area contributed by atoms with Gasteiger partial charge in [-0.1, -0.05) is 32.0 Å². The fourth-order valence-corrected chi connectivity index (χ4v) is 5.86. The van der Waals surface area contributed by atoms with E-state index in [-0.39, 0.29) is 10.8 Å². The Kier molecular flexibility index (Phi) is 7.04. The number of benzene rings is 2. The maximum absolute atomic E-state index is 13.3. The van der Waals surface area contributed by atoms with Crippen LogP contribution >= 0.6 is 0 Å². The zero-order chi connectivity index (χ0) is 24.3. The molecule has 4 rings (SSSR count). The number of carbonyl (C=O) groups is 1. The minimum atomic E-state index is -3.66. The van der Waals surface area contributed by atoms with E-state index in [1.807, 2.05) is 51.1 Å². The van der Waals surface area contributed by atoms with Crippen LogP contribution in [0.3, 0.4) is 0 Å². The first-order valence-electron chi connectivity index (χ1n) is 11.7. The molecule has 0 spiro atoms. The second kappa shape index (κ2) is 9.99. The van der Waals surface area contributed by atoms with E-state index >= 15 is 0 Å². The molecule has 1 aromatic heterocycles. The van der Waals surface area contributed by atoms with Crippen molar-refractivity contribution in [1.82, 2.24) is 14.1 Å². The zero-order valence-corrected chi connectivity index (χ0v) is 20.7. The Bertz CT molecular complexity index is 1260. The van der Waals surface area contributed by atoms with Crippen molar-refractivity contribution in [3.8, 4) is 5.69 Å². The van der Waals surface area contributed by atoms with E-state index in [1.54, 1.807) is 29.1 Å². The molecule has 1 aliphatic heterocycles. The highest BCUT2D eigenvalue weighted by Crippen LogP contribution is 2.33. The van der Waals surface area contributed by atoms with E-state index in [9.17, 15) is 13.2 Å². The van der Waals surface area contributed by atoms with Crippen LogP contribution in [0.5, 0.6) is 0 Å². The Morgan fingerprint density at radius 1 is 1.06 bits per heavy atom. The summed E-state index contributed by atoms with van der Waals surface area (Å²) in [4.78, 5) is 15.7. The molecule has 2 aromatic carbocycles. The molecule has 1 aliphatic rings. The molecule has 0 bridgehead atoms. The molecule has 1 fully saturated rings. The molecule has 2 heterocycles. The molecule has 3 aromatic rings. The third-order valence-electron chi connectivity index (χ3n) is 6.26.